The van der Waals surface area contributed by atoms with Gasteiger partial charge in [0, 0.05) is 0 Å². The molecule has 0 bridgehead atoms. The minimum absolute atomic E-state index is 0.333. The van der Waals surface area contributed by atoms with Crippen LogP contribution in [0.2, 0.25) is 0 Å². The number of nitrogens with two attached hydrogens (primary N) is 2. The summed E-state index contributed by atoms with van der Waals surface area (Å²) in [7, 11) is 0. The van der Waals surface area contributed by atoms with Crippen LogP contribution < -0.4 is 11.5 Å². The summed E-state index contributed by atoms with van der Waals surface area (Å²) in [5, 5.41) is 20.6. The highest BCUT2D eigenvalue weighted by Crippen LogP contribution is 1.31. The zero-order valence-electron chi connectivity index (χ0n) is 4.44. The van der Waals surface area contributed by atoms with E-state index in [1.54, 1.807) is 0 Å². The quantitative estimate of drug-likeness (QED) is 0.224. The Hall–Kier alpha value is -1.73. The fraction of sp³-hybridized carbons (Fsp3) is 0. The van der Waals surface area contributed by atoms with E-state index < -0.39 is 0 Å². The molecule has 0 fully saturated rings. The predicted molar refractivity (Wildman–Crippen MR) is 28.1 cm³/mol. The van der Waals surface area contributed by atoms with Crippen LogP contribution in [0.4, 0.5) is 0 Å². The van der Waals surface area contributed by atoms with Crippen LogP contribution in [0.15, 0.2) is 0 Å². The second-order valence-corrected chi connectivity index (χ2v) is 0.934. The van der Waals surface area contributed by atoms with Crippen LogP contribution in [-0.2, 0) is 0 Å². The van der Waals surface area contributed by atoms with Gasteiger partial charge in [0.1, 0.15) is 0 Å². The molecule has 9 heavy (non-hydrogen) atoms. The molecule has 1 rings (SSSR count). The molecule has 8 nitrogen and oxygen atoms in total. The highest BCUT2D eigenvalue weighted by atomic mass is 15.6. The normalized spacial score (nSPS) is 7.11. The van der Waals surface area contributed by atoms with Gasteiger partial charge >= 0.3 is 0 Å². The molecular weight excluding hydrogens is 124 g/mol. The maximum absolute atomic E-state index is 6.06. The number of hydrogen-bond acceptors (Lipinski definition) is 5. The Balaban J connectivity index is 0.000000148. The van der Waals surface area contributed by atoms with Gasteiger partial charge in [-0.3, -0.25) is 5.41 Å². The molecule has 0 amide bonds. The molecule has 8 heteroatoms. The molecule has 50 valence electrons. The molecule has 0 saturated carbocycles. The number of aromatic nitrogens is 5. The number of hydrogen-bond donors (Lipinski definition) is 4. The number of H-pyrrole nitrogens is 1. The molecule has 1 aromatic rings. The summed E-state index contributed by atoms with van der Waals surface area (Å²) in [6.45, 7) is 0. The SMILES string of the molecule is N=C(N)N.n1nn[nH]n1. The first kappa shape index (κ1) is 7.27. The summed E-state index contributed by atoms with van der Waals surface area (Å²) in [4.78, 5) is 0. The molecule has 0 saturated heterocycles. The molecule has 1 aromatic heterocycles. The Morgan fingerprint density at radius 3 is 1.67 bits per heavy atom. The van der Waals surface area contributed by atoms with Crippen molar-refractivity contribution in [3.63, 3.8) is 0 Å². The smallest absolute Gasteiger partial charge is 0.183 e. The van der Waals surface area contributed by atoms with Gasteiger partial charge in [0.05, 0.1) is 0 Å². The first-order valence-corrected chi connectivity index (χ1v) is 1.87. The Labute approximate surface area is 50.1 Å². The van der Waals surface area contributed by atoms with Gasteiger partial charge in [0.15, 0.2) is 5.96 Å². The zero-order chi connectivity index (χ0) is 7.11. The monoisotopic (exact) mass is 130 g/mol. The van der Waals surface area contributed by atoms with Crippen molar-refractivity contribution in [2.45, 2.75) is 0 Å². The lowest BCUT2D eigenvalue weighted by atomic mass is 11.1. The van der Waals surface area contributed by atoms with Crippen LogP contribution in [0.1, 0.15) is 0 Å². The minimum atomic E-state index is -0.333. The van der Waals surface area contributed by atoms with E-state index in [2.05, 4.69) is 37.5 Å². The van der Waals surface area contributed by atoms with Crippen molar-refractivity contribution < 1.29 is 0 Å². The second-order valence-electron chi connectivity index (χ2n) is 0.934. The van der Waals surface area contributed by atoms with Crippen molar-refractivity contribution in [1.82, 2.24) is 26.1 Å². The Morgan fingerprint density at radius 2 is 1.56 bits per heavy atom. The number of guanidine groups is 1. The van der Waals surface area contributed by atoms with E-state index in [-0.39, 0.29) is 5.96 Å². The van der Waals surface area contributed by atoms with Gasteiger partial charge in [-0.25, -0.2) is 0 Å². The van der Waals surface area contributed by atoms with Crippen LogP contribution in [0.5, 0.6) is 0 Å². The molecule has 0 atom stereocenters. The molecule has 0 aliphatic heterocycles. The molecule has 6 N–H and O–H groups in total. The van der Waals surface area contributed by atoms with Crippen molar-refractivity contribution >= 4 is 5.96 Å². The van der Waals surface area contributed by atoms with Crippen LogP contribution in [0.3, 0.4) is 0 Å². The third-order valence-electron chi connectivity index (χ3n) is 0.219. The summed E-state index contributed by atoms with van der Waals surface area (Å²) in [5.41, 5.74) is 8.94. The van der Waals surface area contributed by atoms with E-state index >= 15 is 0 Å². The average molecular weight is 130 g/mol. The summed E-state index contributed by atoms with van der Waals surface area (Å²) in [6, 6.07) is 0. The second kappa shape index (κ2) is 4.43. The number of nitrogens with zero attached hydrogens (tertiary/aromatic N) is 4. The fourth-order valence-corrected chi connectivity index (χ4v) is 0.100. The highest BCUT2D eigenvalue weighted by molar-refractivity contribution is 5.71. The number of nitrogens with one attached hydrogen (secondary N) is 2. The van der Waals surface area contributed by atoms with Crippen LogP contribution in [0.25, 0.3) is 0 Å². The standard InChI is InChI=1S/CH5N3.HN5/c2-1(3)4;1-2-4-5-3-1/h(H5,2,3,4);(H,1,2,3,4,5). The van der Waals surface area contributed by atoms with Crippen molar-refractivity contribution in [3.8, 4) is 0 Å². The molecular formula is CH6N8. The van der Waals surface area contributed by atoms with E-state index in [4.69, 9.17) is 5.41 Å². The fourth-order valence-electron chi connectivity index (χ4n) is 0.100. The third kappa shape index (κ3) is 10.7. The van der Waals surface area contributed by atoms with Crippen molar-refractivity contribution in [2.75, 3.05) is 0 Å². The van der Waals surface area contributed by atoms with E-state index in [0.717, 1.165) is 0 Å². The van der Waals surface area contributed by atoms with Gasteiger partial charge in [-0.15, -0.1) is 0 Å². The lowest BCUT2D eigenvalue weighted by Gasteiger charge is -1.69. The maximum atomic E-state index is 6.06. The Bertz CT molecular complexity index is 118. The molecule has 1 heterocycles. The largest absolute Gasteiger partial charge is 0.370 e. The van der Waals surface area contributed by atoms with Gasteiger partial charge in [0.2, 0.25) is 0 Å². The Morgan fingerprint density at radius 1 is 1.22 bits per heavy atom. The van der Waals surface area contributed by atoms with Gasteiger partial charge in [-0.2, -0.15) is 5.21 Å². The maximum Gasteiger partial charge on any atom is 0.183 e. The molecule has 0 unspecified atom stereocenters. The van der Waals surface area contributed by atoms with E-state index in [0.29, 0.717) is 0 Å². The highest BCUT2D eigenvalue weighted by Gasteiger charge is 1.59. The van der Waals surface area contributed by atoms with Crippen molar-refractivity contribution in [1.29, 1.82) is 5.41 Å². The summed E-state index contributed by atoms with van der Waals surface area (Å²) in [6.07, 6.45) is 0. The van der Waals surface area contributed by atoms with Crippen molar-refractivity contribution in [3.05, 3.63) is 0 Å². The molecule has 0 aliphatic rings. The molecule has 0 radical (unpaired) electrons. The van der Waals surface area contributed by atoms with Crippen molar-refractivity contribution in [2.24, 2.45) is 11.5 Å². The van der Waals surface area contributed by atoms with E-state index in [1.165, 1.54) is 0 Å². The minimum Gasteiger partial charge on any atom is -0.370 e. The first-order chi connectivity index (χ1) is 4.23. The number of aromatic amines is 1. The predicted octanol–water partition coefficient (Wildman–Crippen LogP) is -2.57. The van der Waals surface area contributed by atoms with Crippen LogP contribution in [0, 0.1) is 5.41 Å². The van der Waals surface area contributed by atoms with E-state index in [1.807, 2.05) is 0 Å². The lowest BCUT2D eigenvalue weighted by Crippen LogP contribution is -2.20. The summed E-state index contributed by atoms with van der Waals surface area (Å²) in [5.74, 6) is -0.333. The molecule has 0 aliphatic carbocycles. The number of rotatable bonds is 0. The Kier molecular flexibility index (Phi) is 3.58. The topological polar surface area (TPSA) is 143 Å². The summed E-state index contributed by atoms with van der Waals surface area (Å²) < 4.78 is 0. The third-order valence-corrected chi connectivity index (χ3v) is 0.219. The van der Waals surface area contributed by atoms with Gasteiger partial charge < -0.3 is 11.5 Å². The van der Waals surface area contributed by atoms with Gasteiger partial charge in [0.25, 0.3) is 0 Å². The van der Waals surface area contributed by atoms with Crippen LogP contribution >= 0.6 is 0 Å². The summed E-state index contributed by atoms with van der Waals surface area (Å²) >= 11 is 0. The zero-order valence-corrected chi connectivity index (χ0v) is 4.44. The average Bonchev–Trinajstić information content (AvgIpc) is 2.11. The van der Waals surface area contributed by atoms with E-state index in [9.17, 15) is 0 Å². The first-order valence-electron chi connectivity index (χ1n) is 1.87. The molecule has 0 aromatic carbocycles. The van der Waals surface area contributed by atoms with Gasteiger partial charge in [-0.05, 0) is 20.9 Å². The van der Waals surface area contributed by atoms with Gasteiger partial charge in [-0.1, -0.05) is 0 Å². The lowest BCUT2D eigenvalue weighted by molar-refractivity contribution is 0.881. The van der Waals surface area contributed by atoms with Crippen LogP contribution in [-0.4, -0.2) is 32.0 Å². The molecule has 0 spiro atoms.